The molecule has 2 rings (SSSR count). The highest BCUT2D eigenvalue weighted by atomic mass is 32.1. The zero-order valence-corrected chi connectivity index (χ0v) is 12.5. The number of carbonyl (C=O) groups excluding carboxylic acids is 2. The number of thiocarbonyl (C=S) groups is 1. The molecule has 0 spiro atoms. The summed E-state index contributed by atoms with van der Waals surface area (Å²) in [6.45, 7) is 2.39. The third-order valence-electron chi connectivity index (χ3n) is 3.44. The number of piperazine rings is 1. The molecule has 2 N–H and O–H groups in total. The van der Waals surface area contributed by atoms with Crippen LogP contribution in [0.25, 0.3) is 0 Å². The molecule has 1 aromatic carbocycles. The summed E-state index contributed by atoms with van der Waals surface area (Å²) in [5.74, 6) is -0.801. The second kappa shape index (κ2) is 6.17. The van der Waals surface area contributed by atoms with E-state index in [9.17, 15) is 14.0 Å². The van der Waals surface area contributed by atoms with Crippen molar-refractivity contribution in [2.75, 3.05) is 19.6 Å². The van der Waals surface area contributed by atoms with Crippen molar-refractivity contribution in [2.45, 2.75) is 13.5 Å². The van der Waals surface area contributed by atoms with E-state index in [1.165, 1.54) is 21.9 Å². The molecule has 5 nitrogen and oxygen atoms in total. The molecule has 0 atom stereocenters. The maximum Gasteiger partial charge on any atom is 0.242 e. The quantitative estimate of drug-likeness (QED) is 0.829. The number of nitrogens with two attached hydrogens (primary N) is 1. The van der Waals surface area contributed by atoms with E-state index < -0.39 is 5.82 Å². The molecule has 1 aliphatic rings. The molecule has 1 aliphatic heterocycles. The Morgan fingerprint density at radius 2 is 1.90 bits per heavy atom. The van der Waals surface area contributed by atoms with Crippen molar-refractivity contribution < 1.29 is 14.0 Å². The fourth-order valence-electron chi connectivity index (χ4n) is 2.17. The lowest BCUT2D eigenvalue weighted by Gasteiger charge is -2.33. The summed E-state index contributed by atoms with van der Waals surface area (Å²) < 4.78 is 14.0. The number of halogens is 1. The van der Waals surface area contributed by atoms with Gasteiger partial charge in [-0.05, 0) is 13.0 Å². The predicted molar refractivity (Wildman–Crippen MR) is 80.0 cm³/mol. The molecule has 7 heteroatoms. The number of likely N-dealkylation sites (N-methyl/N-ethyl adjacent to an activating group) is 1. The van der Waals surface area contributed by atoms with E-state index >= 15 is 0 Å². The van der Waals surface area contributed by atoms with Crippen molar-refractivity contribution in [1.82, 2.24) is 9.80 Å². The second-order valence-corrected chi connectivity index (χ2v) is 5.27. The van der Waals surface area contributed by atoms with Crippen molar-refractivity contribution in [3.05, 3.63) is 35.1 Å². The standard InChI is InChI=1S/C14H16FN3O2S/c1-2-17-7-13(20)18(8-12(17)19)6-10-4-3-9(14(16)21)5-11(10)15/h3-5H,2,6-8H2,1H3,(H2,16,21). The van der Waals surface area contributed by atoms with E-state index in [0.29, 0.717) is 17.7 Å². The zero-order valence-electron chi connectivity index (χ0n) is 11.6. The van der Waals surface area contributed by atoms with Crippen molar-refractivity contribution >= 4 is 29.0 Å². The molecule has 1 aromatic rings. The first-order valence-corrected chi connectivity index (χ1v) is 6.97. The molecule has 0 unspecified atom stereocenters. The van der Waals surface area contributed by atoms with Crippen LogP contribution in [0.1, 0.15) is 18.1 Å². The maximum absolute atomic E-state index is 14.0. The van der Waals surface area contributed by atoms with E-state index in [0.717, 1.165) is 0 Å². The summed E-state index contributed by atoms with van der Waals surface area (Å²) >= 11 is 4.78. The normalized spacial score (nSPS) is 15.5. The van der Waals surface area contributed by atoms with E-state index in [-0.39, 0.29) is 36.4 Å². The summed E-state index contributed by atoms with van der Waals surface area (Å²) in [6, 6.07) is 4.38. The first-order valence-electron chi connectivity index (χ1n) is 6.56. The van der Waals surface area contributed by atoms with Crippen LogP contribution in [0.3, 0.4) is 0 Å². The van der Waals surface area contributed by atoms with Gasteiger partial charge in [-0.25, -0.2) is 4.39 Å². The lowest BCUT2D eigenvalue weighted by molar-refractivity contribution is -0.150. The maximum atomic E-state index is 14.0. The van der Waals surface area contributed by atoms with Crippen LogP contribution in [0.4, 0.5) is 4.39 Å². The van der Waals surface area contributed by atoms with Crippen LogP contribution in [-0.2, 0) is 16.1 Å². The van der Waals surface area contributed by atoms with Gasteiger partial charge >= 0.3 is 0 Å². The number of rotatable bonds is 4. The van der Waals surface area contributed by atoms with E-state index in [1.807, 2.05) is 6.92 Å². The van der Waals surface area contributed by atoms with Gasteiger partial charge in [0.25, 0.3) is 0 Å². The van der Waals surface area contributed by atoms with Crippen LogP contribution in [0.15, 0.2) is 18.2 Å². The van der Waals surface area contributed by atoms with Crippen LogP contribution >= 0.6 is 12.2 Å². The number of nitrogens with zero attached hydrogens (tertiary/aromatic N) is 2. The molecule has 112 valence electrons. The highest BCUT2D eigenvalue weighted by Crippen LogP contribution is 2.15. The molecule has 1 fully saturated rings. The lowest BCUT2D eigenvalue weighted by Crippen LogP contribution is -2.53. The number of carbonyl (C=O) groups is 2. The fourth-order valence-corrected chi connectivity index (χ4v) is 2.30. The summed E-state index contributed by atoms with van der Waals surface area (Å²) in [6.07, 6.45) is 0. The van der Waals surface area contributed by atoms with Crippen molar-refractivity contribution in [1.29, 1.82) is 0 Å². The van der Waals surface area contributed by atoms with Crippen molar-refractivity contribution in [3.8, 4) is 0 Å². The smallest absolute Gasteiger partial charge is 0.242 e. The molecule has 2 amide bonds. The SMILES string of the molecule is CCN1CC(=O)N(Cc2ccc(C(N)=S)cc2F)CC1=O. The van der Waals surface area contributed by atoms with Gasteiger partial charge in [0, 0.05) is 24.2 Å². The molecule has 21 heavy (non-hydrogen) atoms. The van der Waals surface area contributed by atoms with Crippen LogP contribution in [0, 0.1) is 5.82 Å². The van der Waals surface area contributed by atoms with Gasteiger partial charge in [-0.2, -0.15) is 0 Å². The zero-order chi connectivity index (χ0) is 15.6. The Morgan fingerprint density at radius 3 is 2.48 bits per heavy atom. The highest BCUT2D eigenvalue weighted by molar-refractivity contribution is 7.80. The van der Waals surface area contributed by atoms with Gasteiger partial charge in [-0.3, -0.25) is 9.59 Å². The van der Waals surface area contributed by atoms with Gasteiger partial charge in [0.1, 0.15) is 17.4 Å². The molecular weight excluding hydrogens is 293 g/mol. The van der Waals surface area contributed by atoms with Gasteiger partial charge in [0.05, 0.1) is 6.54 Å². The van der Waals surface area contributed by atoms with Gasteiger partial charge in [-0.15, -0.1) is 0 Å². The third kappa shape index (κ3) is 3.36. The largest absolute Gasteiger partial charge is 0.389 e. The predicted octanol–water partition coefficient (Wildman–Crippen LogP) is 0.651. The minimum absolute atomic E-state index is 0.0246. The Morgan fingerprint density at radius 1 is 1.29 bits per heavy atom. The molecule has 0 aliphatic carbocycles. The number of amides is 2. The summed E-state index contributed by atoms with van der Waals surface area (Å²) in [4.78, 5) is 26.7. The van der Waals surface area contributed by atoms with Gasteiger partial charge in [0.2, 0.25) is 11.8 Å². The minimum atomic E-state index is -0.488. The monoisotopic (exact) mass is 309 g/mol. The van der Waals surface area contributed by atoms with Crippen LogP contribution in [-0.4, -0.2) is 46.2 Å². The highest BCUT2D eigenvalue weighted by Gasteiger charge is 2.29. The van der Waals surface area contributed by atoms with E-state index in [2.05, 4.69) is 0 Å². The van der Waals surface area contributed by atoms with Gasteiger partial charge < -0.3 is 15.5 Å². The molecule has 1 heterocycles. The van der Waals surface area contributed by atoms with E-state index in [4.69, 9.17) is 18.0 Å². The van der Waals surface area contributed by atoms with Crippen molar-refractivity contribution in [3.63, 3.8) is 0 Å². The van der Waals surface area contributed by atoms with Crippen LogP contribution in [0.2, 0.25) is 0 Å². The first-order chi connectivity index (χ1) is 9.92. The average molecular weight is 309 g/mol. The number of hydrogen-bond donors (Lipinski definition) is 1. The van der Waals surface area contributed by atoms with Crippen LogP contribution < -0.4 is 5.73 Å². The molecule has 1 saturated heterocycles. The first kappa shape index (κ1) is 15.4. The Balaban J connectivity index is 2.13. The fraction of sp³-hybridized carbons (Fsp3) is 0.357. The minimum Gasteiger partial charge on any atom is -0.389 e. The Bertz CT molecular complexity index is 606. The molecular formula is C14H16FN3O2S. The Hall–Kier alpha value is -2.02. The summed E-state index contributed by atoms with van der Waals surface area (Å²) in [5.41, 5.74) is 6.21. The third-order valence-corrected chi connectivity index (χ3v) is 3.67. The second-order valence-electron chi connectivity index (χ2n) is 4.83. The molecule has 0 radical (unpaired) electrons. The average Bonchev–Trinajstić information content (AvgIpc) is 2.44. The van der Waals surface area contributed by atoms with Crippen LogP contribution in [0.5, 0.6) is 0 Å². The van der Waals surface area contributed by atoms with Gasteiger partial charge in [0.15, 0.2) is 0 Å². The molecule has 0 saturated carbocycles. The summed E-state index contributed by atoms with van der Waals surface area (Å²) in [7, 11) is 0. The van der Waals surface area contributed by atoms with E-state index in [1.54, 1.807) is 6.07 Å². The molecule has 0 bridgehead atoms. The number of hydrogen-bond acceptors (Lipinski definition) is 3. The van der Waals surface area contributed by atoms with Gasteiger partial charge in [-0.1, -0.05) is 24.4 Å². The number of benzene rings is 1. The lowest BCUT2D eigenvalue weighted by atomic mass is 10.1. The summed E-state index contributed by atoms with van der Waals surface area (Å²) in [5, 5.41) is 0. The topological polar surface area (TPSA) is 66.6 Å². The molecule has 0 aromatic heterocycles. The van der Waals surface area contributed by atoms with Crippen molar-refractivity contribution in [2.24, 2.45) is 5.73 Å². The Labute approximate surface area is 127 Å². The Kier molecular flexibility index (Phi) is 4.52.